The standard InChI is InChI=1S/C27H28F2N6O2/c1-34-10-12-35(13-11-34)27(36)24-15-19-14-18(2-4-21(19)32-24)3-5-26-31-9-7-22(33-26)23-16-20(6-8-30-23)37-17-25(28)29/h2,4,6-9,14-16,25,32H,3,5,10-13,17H2,1H3. The van der Waals surface area contributed by atoms with E-state index in [1.54, 1.807) is 18.3 Å². The summed E-state index contributed by atoms with van der Waals surface area (Å²) >= 11 is 0. The van der Waals surface area contributed by atoms with Crippen molar-refractivity contribution in [3.63, 3.8) is 0 Å². The average Bonchev–Trinajstić information content (AvgIpc) is 3.35. The Balaban J connectivity index is 1.25. The lowest BCUT2D eigenvalue weighted by molar-refractivity contribution is 0.0659. The van der Waals surface area contributed by atoms with Gasteiger partial charge in [-0.1, -0.05) is 6.07 Å². The molecular formula is C27H28F2N6O2. The summed E-state index contributed by atoms with van der Waals surface area (Å²) in [6.45, 7) is 2.56. The first kappa shape index (κ1) is 24.8. The van der Waals surface area contributed by atoms with Crippen LogP contribution in [0.15, 0.2) is 54.9 Å². The average molecular weight is 507 g/mol. The normalized spacial score (nSPS) is 14.4. The molecule has 192 valence electrons. The van der Waals surface area contributed by atoms with Crippen LogP contribution in [-0.4, -0.2) is 81.9 Å². The second kappa shape index (κ2) is 11.0. The van der Waals surface area contributed by atoms with Crippen LogP contribution in [0.1, 0.15) is 21.9 Å². The number of aryl methyl sites for hydroxylation is 2. The molecule has 0 bridgehead atoms. The van der Waals surface area contributed by atoms with Gasteiger partial charge in [0.1, 0.15) is 23.9 Å². The number of hydrogen-bond donors (Lipinski definition) is 1. The van der Waals surface area contributed by atoms with E-state index in [0.29, 0.717) is 35.1 Å². The van der Waals surface area contributed by atoms with E-state index >= 15 is 0 Å². The van der Waals surface area contributed by atoms with Gasteiger partial charge < -0.3 is 19.5 Å². The summed E-state index contributed by atoms with van der Waals surface area (Å²) in [5.74, 6) is 1.00. The van der Waals surface area contributed by atoms with Crippen LogP contribution in [0.4, 0.5) is 8.78 Å². The highest BCUT2D eigenvalue weighted by Crippen LogP contribution is 2.22. The molecule has 0 radical (unpaired) electrons. The number of benzene rings is 1. The summed E-state index contributed by atoms with van der Waals surface area (Å²) < 4.78 is 30.0. The molecule has 0 unspecified atom stereocenters. The van der Waals surface area contributed by atoms with Crippen molar-refractivity contribution in [1.29, 1.82) is 0 Å². The van der Waals surface area contributed by atoms with Crippen molar-refractivity contribution < 1.29 is 18.3 Å². The van der Waals surface area contributed by atoms with Gasteiger partial charge in [-0.05, 0) is 49.4 Å². The Morgan fingerprint density at radius 1 is 1.00 bits per heavy atom. The zero-order chi connectivity index (χ0) is 25.8. The fourth-order valence-electron chi connectivity index (χ4n) is 4.35. The zero-order valence-corrected chi connectivity index (χ0v) is 20.5. The minimum atomic E-state index is -2.54. The van der Waals surface area contributed by atoms with E-state index in [1.807, 2.05) is 23.1 Å². The minimum absolute atomic E-state index is 0.0355. The number of aromatic amines is 1. The SMILES string of the molecule is CN1CCN(C(=O)c2cc3cc(CCc4nccc(-c5cc(OCC(F)F)ccn5)n4)ccc3[nH]2)CC1. The monoisotopic (exact) mass is 506 g/mol. The number of carbonyl (C=O) groups is 1. The number of pyridine rings is 1. The highest BCUT2D eigenvalue weighted by Gasteiger charge is 2.21. The van der Waals surface area contributed by atoms with E-state index in [9.17, 15) is 13.6 Å². The fourth-order valence-corrected chi connectivity index (χ4v) is 4.35. The van der Waals surface area contributed by atoms with E-state index in [-0.39, 0.29) is 5.91 Å². The van der Waals surface area contributed by atoms with E-state index in [1.165, 1.54) is 12.3 Å². The van der Waals surface area contributed by atoms with Crippen LogP contribution >= 0.6 is 0 Å². The number of nitrogens with zero attached hydrogens (tertiary/aromatic N) is 5. The number of aromatic nitrogens is 4. The van der Waals surface area contributed by atoms with E-state index in [2.05, 4.69) is 37.9 Å². The number of H-pyrrole nitrogens is 1. The highest BCUT2D eigenvalue weighted by molar-refractivity contribution is 5.98. The molecular weight excluding hydrogens is 478 g/mol. The van der Waals surface area contributed by atoms with E-state index in [4.69, 9.17) is 4.74 Å². The molecule has 0 aliphatic carbocycles. The Morgan fingerprint density at radius 2 is 1.81 bits per heavy atom. The summed E-state index contributed by atoms with van der Waals surface area (Å²) in [4.78, 5) is 33.6. The first-order valence-electron chi connectivity index (χ1n) is 12.2. The number of halogens is 2. The molecule has 1 saturated heterocycles. The molecule has 0 saturated carbocycles. The lowest BCUT2D eigenvalue weighted by Gasteiger charge is -2.32. The van der Waals surface area contributed by atoms with Crippen LogP contribution < -0.4 is 4.74 Å². The lowest BCUT2D eigenvalue weighted by atomic mass is 10.1. The van der Waals surface area contributed by atoms with Crippen molar-refractivity contribution in [1.82, 2.24) is 29.7 Å². The third-order valence-corrected chi connectivity index (χ3v) is 6.42. The first-order valence-corrected chi connectivity index (χ1v) is 12.2. The van der Waals surface area contributed by atoms with Crippen LogP contribution in [0.5, 0.6) is 5.75 Å². The first-order chi connectivity index (χ1) is 17.9. The molecule has 1 aliphatic rings. The Hall–Kier alpha value is -3.92. The molecule has 3 aromatic heterocycles. The molecule has 5 rings (SSSR count). The summed E-state index contributed by atoms with van der Waals surface area (Å²) in [5.41, 5.74) is 3.78. The fraction of sp³-hybridized carbons (Fsp3) is 0.333. The maximum Gasteiger partial charge on any atom is 0.272 e. The van der Waals surface area contributed by atoms with Crippen LogP contribution in [0.25, 0.3) is 22.3 Å². The number of amides is 1. The Kier molecular flexibility index (Phi) is 7.36. The quantitative estimate of drug-likeness (QED) is 0.391. The number of ether oxygens (including phenoxy) is 1. The van der Waals surface area contributed by atoms with Crippen molar-refractivity contribution in [3.8, 4) is 17.1 Å². The van der Waals surface area contributed by atoms with Crippen molar-refractivity contribution >= 4 is 16.8 Å². The molecule has 37 heavy (non-hydrogen) atoms. The summed E-state index contributed by atoms with van der Waals surface area (Å²) in [7, 11) is 2.07. The van der Waals surface area contributed by atoms with Crippen LogP contribution in [0.2, 0.25) is 0 Å². The molecule has 1 fully saturated rings. The van der Waals surface area contributed by atoms with Crippen molar-refractivity contribution in [2.45, 2.75) is 19.3 Å². The van der Waals surface area contributed by atoms with Crippen LogP contribution in [0.3, 0.4) is 0 Å². The molecule has 1 N–H and O–H groups in total. The third kappa shape index (κ3) is 6.08. The Labute approximate surface area is 213 Å². The number of carbonyl (C=O) groups excluding carboxylic acids is 1. The van der Waals surface area contributed by atoms with Gasteiger partial charge in [0.2, 0.25) is 0 Å². The third-order valence-electron chi connectivity index (χ3n) is 6.42. The lowest BCUT2D eigenvalue weighted by Crippen LogP contribution is -2.47. The second-order valence-corrected chi connectivity index (χ2v) is 9.14. The molecule has 1 aliphatic heterocycles. The number of piperazine rings is 1. The summed E-state index contributed by atoms with van der Waals surface area (Å²) in [5, 5.41) is 0.995. The molecule has 1 aromatic carbocycles. The van der Waals surface area contributed by atoms with Gasteiger partial charge >= 0.3 is 0 Å². The van der Waals surface area contributed by atoms with Gasteiger partial charge in [-0.2, -0.15) is 0 Å². The van der Waals surface area contributed by atoms with Crippen LogP contribution in [-0.2, 0) is 12.8 Å². The maximum atomic E-state index is 12.9. The topological polar surface area (TPSA) is 87.2 Å². The van der Waals surface area contributed by atoms with Crippen LogP contribution in [0, 0.1) is 0 Å². The van der Waals surface area contributed by atoms with Gasteiger partial charge in [0.05, 0.1) is 11.4 Å². The molecule has 8 nitrogen and oxygen atoms in total. The van der Waals surface area contributed by atoms with Gasteiger partial charge in [0, 0.05) is 62.0 Å². The molecule has 1 amide bonds. The maximum absolute atomic E-state index is 12.9. The number of rotatable bonds is 8. The predicted octanol–water partition coefficient (Wildman–Crippen LogP) is 3.84. The van der Waals surface area contributed by atoms with Gasteiger partial charge in [-0.15, -0.1) is 0 Å². The van der Waals surface area contributed by atoms with Crippen molar-refractivity contribution in [2.24, 2.45) is 0 Å². The highest BCUT2D eigenvalue weighted by atomic mass is 19.3. The number of alkyl halides is 2. The van der Waals surface area contributed by atoms with Gasteiger partial charge in [0.25, 0.3) is 12.3 Å². The van der Waals surface area contributed by atoms with Gasteiger partial charge in [0.15, 0.2) is 0 Å². The zero-order valence-electron chi connectivity index (χ0n) is 20.5. The smallest absolute Gasteiger partial charge is 0.272 e. The Morgan fingerprint density at radius 3 is 2.62 bits per heavy atom. The number of nitrogens with one attached hydrogen (secondary N) is 1. The van der Waals surface area contributed by atoms with E-state index in [0.717, 1.165) is 49.1 Å². The number of hydrogen-bond acceptors (Lipinski definition) is 6. The number of fused-ring (bicyclic) bond motifs is 1. The number of likely N-dealkylation sites (N-methyl/N-ethyl adjacent to an activating group) is 1. The molecule has 4 aromatic rings. The van der Waals surface area contributed by atoms with Gasteiger partial charge in [-0.3, -0.25) is 9.78 Å². The summed E-state index contributed by atoms with van der Waals surface area (Å²) in [6, 6.07) is 12.9. The molecule has 10 heteroatoms. The molecule has 0 spiro atoms. The Bertz CT molecular complexity index is 1380. The second-order valence-electron chi connectivity index (χ2n) is 9.14. The largest absolute Gasteiger partial charge is 0.488 e. The van der Waals surface area contributed by atoms with E-state index < -0.39 is 13.0 Å². The van der Waals surface area contributed by atoms with Gasteiger partial charge in [-0.25, -0.2) is 18.7 Å². The summed E-state index contributed by atoms with van der Waals surface area (Å²) in [6.07, 6.45) is 1.96. The van der Waals surface area contributed by atoms with Crippen molar-refractivity contribution in [2.75, 3.05) is 39.8 Å². The predicted molar refractivity (Wildman–Crippen MR) is 136 cm³/mol. The minimum Gasteiger partial charge on any atom is -0.488 e. The molecule has 0 atom stereocenters. The van der Waals surface area contributed by atoms with Crippen molar-refractivity contribution in [3.05, 3.63) is 71.9 Å². The molecule has 4 heterocycles.